The molecule has 3 nitrogen and oxygen atoms in total. The van der Waals surface area contributed by atoms with Crippen molar-refractivity contribution in [1.82, 2.24) is 4.90 Å². The van der Waals surface area contributed by atoms with Crippen LogP contribution in [0.1, 0.15) is 25.0 Å². The van der Waals surface area contributed by atoms with Gasteiger partial charge in [0.25, 0.3) is 0 Å². The molecule has 2 N–H and O–H groups in total. The van der Waals surface area contributed by atoms with Crippen molar-refractivity contribution in [2.75, 3.05) is 20.2 Å². The lowest BCUT2D eigenvalue weighted by Gasteiger charge is -2.19. The smallest absolute Gasteiger partial charge is 0.0897 e. The van der Waals surface area contributed by atoms with E-state index in [0.717, 1.165) is 13.0 Å². The summed E-state index contributed by atoms with van der Waals surface area (Å²) in [6.45, 7) is 5.54. The molecule has 0 aliphatic carbocycles. The molecule has 1 atom stereocenters. The predicted octanol–water partition coefficient (Wildman–Crippen LogP) is 1.67. The minimum absolute atomic E-state index is 0.183. The van der Waals surface area contributed by atoms with Crippen LogP contribution >= 0.6 is 0 Å². The van der Waals surface area contributed by atoms with Crippen LogP contribution < -0.4 is 0 Å². The Labute approximate surface area is 110 Å². The van der Waals surface area contributed by atoms with Gasteiger partial charge in [-0.1, -0.05) is 38.1 Å². The average Bonchev–Trinajstić information content (AvgIpc) is 2.30. The highest BCUT2D eigenvalue weighted by Crippen LogP contribution is 2.11. The second-order valence-corrected chi connectivity index (χ2v) is 5.45. The third-order valence-electron chi connectivity index (χ3n) is 2.85. The van der Waals surface area contributed by atoms with E-state index in [-0.39, 0.29) is 6.61 Å². The van der Waals surface area contributed by atoms with E-state index in [0.29, 0.717) is 12.5 Å². The highest BCUT2D eigenvalue weighted by Gasteiger charge is 2.07. The third-order valence-corrected chi connectivity index (χ3v) is 2.85. The topological polar surface area (TPSA) is 43.7 Å². The van der Waals surface area contributed by atoms with Gasteiger partial charge >= 0.3 is 0 Å². The quantitative estimate of drug-likeness (QED) is 0.775. The summed E-state index contributed by atoms with van der Waals surface area (Å²) in [5.41, 5.74) is 2.60. The average molecular weight is 251 g/mol. The Morgan fingerprint density at radius 1 is 1.11 bits per heavy atom. The van der Waals surface area contributed by atoms with Crippen LogP contribution in [0.2, 0.25) is 0 Å². The second-order valence-electron chi connectivity index (χ2n) is 5.45. The van der Waals surface area contributed by atoms with Crippen molar-refractivity contribution < 1.29 is 10.2 Å². The summed E-state index contributed by atoms with van der Waals surface area (Å²) in [6, 6.07) is 8.62. The number of nitrogens with zero attached hydrogens (tertiary/aromatic N) is 1. The van der Waals surface area contributed by atoms with Crippen LogP contribution in [-0.4, -0.2) is 41.4 Å². The minimum atomic E-state index is -0.657. The van der Waals surface area contributed by atoms with Crippen LogP contribution in [0.5, 0.6) is 0 Å². The standard InChI is InChI=1S/C15H25NO2/c1-12(2)8-13-4-6-14(7-5-13)9-16(3)10-15(18)11-17/h4-7,12,15,17-18H,8-11H2,1-3H3. The number of aliphatic hydroxyl groups excluding tert-OH is 2. The molecule has 1 aromatic rings. The Hall–Kier alpha value is -0.900. The lowest BCUT2D eigenvalue weighted by atomic mass is 10.0. The molecule has 0 bridgehead atoms. The molecule has 0 spiro atoms. The Kier molecular flexibility index (Phi) is 6.33. The first kappa shape index (κ1) is 15.2. The van der Waals surface area contributed by atoms with Crippen molar-refractivity contribution in [1.29, 1.82) is 0 Å². The molecule has 0 aliphatic rings. The molecule has 0 radical (unpaired) electrons. The van der Waals surface area contributed by atoms with Gasteiger partial charge in [0, 0.05) is 13.1 Å². The number of benzene rings is 1. The van der Waals surface area contributed by atoms with Gasteiger partial charge in [-0.15, -0.1) is 0 Å². The highest BCUT2D eigenvalue weighted by atomic mass is 16.3. The molecular formula is C15H25NO2. The molecule has 3 heteroatoms. The first-order valence-corrected chi connectivity index (χ1v) is 6.56. The van der Waals surface area contributed by atoms with E-state index in [9.17, 15) is 5.11 Å². The first-order chi connectivity index (χ1) is 8.51. The largest absolute Gasteiger partial charge is 0.394 e. The van der Waals surface area contributed by atoms with Crippen molar-refractivity contribution in [2.45, 2.75) is 32.9 Å². The monoisotopic (exact) mass is 251 g/mol. The lowest BCUT2D eigenvalue weighted by molar-refractivity contribution is 0.0648. The van der Waals surface area contributed by atoms with E-state index in [1.165, 1.54) is 11.1 Å². The summed E-state index contributed by atoms with van der Waals surface area (Å²) in [6.07, 6.45) is 0.453. The highest BCUT2D eigenvalue weighted by molar-refractivity contribution is 5.22. The van der Waals surface area contributed by atoms with Gasteiger partial charge in [-0.25, -0.2) is 0 Å². The van der Waals surface area contributed by atoms with Crippen molar-refractivity contribution in [2.24, 2.45) is 5.92 Å². The summed E-state index contributed by atoms with van der Waals surface area (Å²) in [5.74, 6) is 0.679. The molecule has 1 unspecified atom stereocenters. The molecule has 1 rings (SSSR count). The van der Waals surface area contributed by atoms with Gasteiger partial charge in [-0.05, 0) is 30.5 Å². The molecule has 0 aliphatic heterocycles. The fraction of sp³-hybridized carbons (Fsp3) is 0.600. The maximum atomic E-state index is 9.36. The van der Waals surface area contributed by atoms with Crippen molar-refractivity contribution in [3.05, 3.63) is 35.4 Å². The van der Waals surface area contributed by atoms with Crippen LogP contribution in [0, 0.1) is 5.92 Å². The zero-order chi connectivity index (χ0) is 13.5. The van der Waals surface area contributed by atoms with Crippen LogP contribution in [0.3, 0.4) is 0 Å². The molecule has 0 amide bonds. The van der Waals surface area contributed by atoms with E-state index in [4.69, 9.17) is 5.11 Å². The zero-order valence-electron chi connectivity index (χ0n) is 11.6. The molecule has 18 heavy (non-hydrogen) atoms. The van der Waals surface area contributed by atoms with Crippen molar-refractivity contribution in [3.8, 4) is 0 Å². The SMILES string of the molecule is CC(C)Cc1ccc(CN(C)CC(O)CO)cc1. The molecule has 0 heterocycles. The molecule has 0 saturated carbocycles. The molecule has 1 aromatic carbocycles. The maximum Gasteiger partial charge on any atom is 0.0897 e. The van der Waals surface area contributed by atoms with E-state index < -0.39 is 6.10 Å². The van der Waals surface area contributed by atoms with Crippen LogP contribution in [0.25, 0.3) is 0 Å². The van der Waals surface area contributed by atoms with Crippen molar-refractivity contribution in [3.63, 3.8) is 0 Å². The van der Waals surface area contributed by atoms with Gasteiger partial charge in [0.1, 0.15) is 0 Å². The number of rotatable bonds is 7. The van der Waals surface area contributed by atoms with Crippen LogP contribution in [0.15, 0.2) is 24.3 Å². The Balaban J connectivity index is 2.47. The van der Waals surface area contributed by atoms with Gasteiger partial charge in [0.05, 0.1) is 12.7 Å². The normalized spacial score (nSPS) is 13.3. The van der Waals surface area contributed by atoms with Gasteiger partial charge in [0.2, 0.25) is 0 Å². The van der Waals surface area contributed by atoms with Crippen LogP contribution in [0.4, 0.5) is 0 Å². The zero-order valence-corrected chi connectivity index (χ0v) is 11.6. The van der Waals surface area contributed by atoms with E-state index in [2.05, 4.69) is 38.1 Å². The van der Waals surface area contributed by atoms with E-state index in [1.54, 1.807) is 0 Å². The number of hydrogen-bond acceptors (Lipinski definition) is 3. The summed E-state index contributed by atoms with van der Waals surface area (Å²) >= 11 is 0. The number of aliphatic hydroxyl groups is 2. The predicted molar refractivity (Wildman–Crippen MR) is 74.4 cm³/mol. The fourth-order valence-electron chi connectivity index (χ4n) is 2.05. The molecule has 102 valence electrons. The number of hydrogen-bond donors (Lipinski definition) is 2. The second kappa shape index (κ2) is 7.52. The molecule has 0 aromatic heterocycles. The number of likely N-dealkylation sites (N-methyl/N-ethyl adjacent to an activating group) is 1. The molecule has 0 fully saturated rings. The molecular weight excluding hydrogens is 226 g/mol. The van der Waals surface area contributed by atoms with Gasteiger partial charge < -0.3 is 10.2 Å². The Bertz CT molecular complexity index is 335. The molecule has 0 saturated heterocycles. The Morgan fingerprint density at radius 3 is 2.17 bits per heavy atom. The third kappa shape index (κ3) is 5.63. The lowest BCUT2D eigenvalue weighted by Crippen LogP contribution is -2.30. The fourth-order valence-corrected chi connectivity index (χ4v) is 2.05. The summed E-state index contributed by atoms with van der Waals surface area (Å²) in [4.78, 5) is 2.01. The van der Waals surface area contributed by atoms with E-state index >= 15 is 0 Å². The van der Waals surface area contributed by atoms with Gasteiger partial charge in [-0.3, -0.25) is 4.90 Å². The maximum absolute atomic E-state index is 9.36. The van der Waals surface area contributed by atoms with Crippen molar-refractivity contribution >= 4 is 0 Å². The van der Waals surface area contributed by atoms with E-state index in [1.807, 2.05) is 11.9 Å². The summed E-state index contributed by atoms with van der Waals surface area (Å²) in [5, 5.41) is 18.2. The van der Waals surface area contributed by atoms with Crippen LogP contribution in [-0.2, 0) is 13.0 Å². The van der Waals surface area contributed by atoms with Gasteiger partial charge in [0.15, 0.2) is 0 Å². The Morgan fingerprint density at radius 2 is 1.67 bits per heavy atom. The van der Waals surface area contributed by atoms with Gasteiger partial charge in [-0.2, -0.15) is 0 Å². The first-order valence-electron chi connectivity index (χ1n) is 6.56. The summed E-state index contributed by atoms with van der Waals surface area (Å²) < 4.78 is 0. The minimum Gasteiger partial charge on any atom is -0.394 e. The summed E-state index contributed by atoms with van der Waals surface area (Å²) in [7, 11) is 1.95.